The molecule has 1 aromatic rings. The smallest absolute Gasteiger partial charge is 0.126 e. The van der Waals surface area contributed by atoms with Crippen LogP contribution in [-0.4, -0.2) is 61.4 Å². The molecule has 1 aliphatic rings. The third-order valence-electron chi connectivity index (χ3n) is 3.84. The van der Waals surface area contributed by atoms with Gasteiger partial charge in [0.05, 0.1) is 12.2 Å². The third kappa shape index (κ3) is 3.90. The summed E-state index contributed by atoms with van der Waals surface area (Å²) < 4.78 is 0. The van der Waals surface area contributed by atoms with Crippen molar-refractivity contribution < 1.29 is 5.11 Å². The van der Waals surface area contributed by atoms with Gasteiger partial charge in [0.25, 0.3) is 0 Å². The zero-order valence-corrected chi connectivity index (χ0v) is 13.3. The first-order valence-corrected chi connectivity index (χ1v) is 8.49. The van der Waals surface area contributed by atoms with Crippen molar-refractivity contribution in [2.45, 2.75) is 11.3 Å². The number of aliphatic hydroxyl groups is 1. The molecular formula is C15H24N4OS. The van der Waals surface area contributed by atoms with Gasteiger partial charge in [-0.15, -0.1) is 11.8 Å². The number of benzene rings is 1. The summed E-state index contributed by atoms with van der Waals surface area (Å²) in [5.41, 5.74) is 7.72. The van der Waals surface area contributed by atoms with Gasteiger partial charge in [-0.05, 0) is 31.4 Å². The minimum atomic E-state index is 0.131. The molecular weight excluding hydrogens is 284 g/mol. The van der Waals surface area contributed by atoms with Gasteiger partial charge in [0.15, 0.2) is 0 Å². The predicted octanol–water partition coefficient (Wildman–Crippen LogP) is 1.20. The molecule has 21 heavy (non-hydrogen) atoms. The molecule has 0 spiro atoms. The highest BCUT2D eigenvalue weighted by Crippen LogP contribution is 2.30. The highest BCUT2D eigenvalue weighted by atomic mass is 32.2. The van der Waals surface area contributed by atoms with Crippen molar-refractivity contribution in [2.24, 2.45) is 5.73 Å². The van der Waals surface area contributed by atoms with Crippen molar-refractivity contribution in [3.05, 3.63) is 23.8 Å². The lowest BCUT2D eigenvalue weighted by Crippen LogP contribution is -2.33. The average molecular weight is 308 g/mol. The lowest BCUT2D eigenvalue weighted by molar-refractivity contribution is 0.204. The number of nitrogen functional groups attached to an aromatic ring is 1. The second-order valence-electron chi connectivity index (χ2n) is 5.17. The number of nitrogens with two attached hydrogens (primary N) is 1. The van der Waals surface area contributed by atoms with E-state index in [9.17, 15) is 0 Å². The van der Waals surface area contributed by atoms with Crippen LogP contribution in [0.3, 0.4) is 0 Å². The molecule has 1 saturated heterocycles. The molecule has 0 amide bonds. The summed E-state index contributed by atoms with van der Waals surface area (Å²) >= 11 is 1.62. The van der Waals surface area contributed by atoms with Gasteiger partial charge in [-0.2, -0.15) is 0 Å². The molecule has 0 radical (unpaired) electrons. The van der Waals surface area contributed by atoms with Crippen molar-refractivity contribution in [3.8, 4) is 0 Å². The summed E-state index contributed by atoms with van der Waals surface area (Å²) in [6.07, 6.45) is 3.07. The number of β-amino-alcohol motifs (C(OH)–C–C–N with tert-alkyl or cyclic N) is 1. The van der Waals surface area contributed by atoms with E-state index in [1.165, 1.54) is 0 Å². The largest absolute Gasteiger partial charge is 0.395 e. The summed E-state index contributed by atoms with van der Waals surface area (Å²) in [7, 11) is 0. The number of hydrogen-bond acceptors (Lipinski definition) is 5. The number of amidine groups is 1. The summed E-state index contributed by atoms with van der Waals surface area (Å²) in [5, 5.41) is 17.0. The maximum atomic E-state index is 9.08. The predicted molar refractivity (Wildman–Crippen MR) is 89.6 cm³/mol. The second kappa shape index (κ2) is 7.68. The molecule has 6 heteroatoms. The van der Waals surface area contributed by atoms with E-state index in [-0.39, 0.29) is 12.4 Å². The summed E-state index contributed by atoms with van der Waals surface area (Å²) in [4.78, 5) is 5.65. The molecule has 1 aromatic carbocycles. The maximum Gasteiger partial charge on any atom is 0.126 e. The molecule has 0 atom stereocenters. The quantitative estimate of drug-likeness (QED) is 0.433. The van der Waals surface area contributed by atoms with Crippen LogP contribution >= 0.6 is 11.8 Å². The summed E-state index contributed by atoms with van der Waals surface area (Å²) in [5.74, 6) is 0.131. The normalized spacial score (nSPS) is 16.8. The molecule has 0 saturated carbocycles. The van der Waals surface area contributed by atoms with E-state index < -0.39 is 0 Å². The van der Waals surface area contributed by atoms with Gasteiger partial charge in [-0.1, -0.05) is 6.07 Å². The Morgan fingerprint density at radius 2 is 2.14 bits per heavy atom. The van der Waals surface area contributed by atoms with E-state index in [2.05, 4.69) is 15.9 Å². The molecule has 116 valence electrons. The van der Waals surface area contributed by atoms with Crippen LogP contribution in [0, 0.1) is 5.41 Å². The number of rotatable bonds is 5. The van der Waals surface area contributed by atoms with E-state index >= 15 is 0 Å². The summed E-state index contributed by atoms with van der Waals surface area (Å²) in [6.45, 7) is 4.74. The van der Waals surface area contributed by atoms with Crippen LogP contribution in [0.2, 0.25) is 0 Å². The van der Waals surface area contributed by atoms with Gasteiger partial charge in [-0.25, -0.2) is 0 Å². The Balaban J connectivity index is 2.23. The number of nitrogens with zero attached hydrogens (tertiary/aromatic N) is 2. The van der Waals surface area contributed by atoms with Gasteiger partial charge in [0.1, 0.15) is 5.84 Å². The maximum absolute atomic E-state index is 9.08. The molecule has 0 unspecified atom stereocenters. The van der Waals surface area contributed by atoms with Gasteiger partial charge in [0.2, 0.25) is 0 Å². The Kier molecular flexibility index (Phi) is 5.90. The Labute approximate surface area is 130 Å². The SMILES string of the molecule is CSc1cccc(N2CCCN(CCO)CC2)c1C(=N)N. The average Bonchev–Trinajstić information content (AvgIpc) is 2.72. The van der Waals surface area contributed by atoms with Gasteiger partial charge in [0, 0.05) is 36.8 Å². The highest BCUT2D eigenvalue weighted by molar-refractivity contribution is 7.98. The molecule has 0 bridgehead atoms. The standard InChI is InChI=1S/C15H24N4OS/c1-21-13-5-2-4-12(14(13)15(16)17)19-7-3-6-18(8-9-19)10-11-20/h2,4-5,20H,3,6-11H2,1H3,(H3,16,17). The van der Waals surface area contributed by atoms with Gasteiger partial charge >= 0.3 is 0 Å². The first-order chi connectivity index (χ1) is 10.2. The van der Waals surface area contributed by atoms with E-state index in [0.29, 0.717) is 0 Å². The molecule has 0 aromatic heterocycles. The molecule has 2 rings (SSSR count). The number of aliphatic hydroxyl groups excluding tert-OH is 1. The first kappa shape index (κ1) is 16.1. The lowest BCUT2D eigenvalue weighted by atomic mass is 10.1. The van der Waals surface area contributed by atoms with Crippen LogP contribution in [-0.2, 0) is 0 Å². The minimum Gasteiger partial charge on any atom is -0.395 e. The van der Waals surface area contributed by atoms with Crippen LogP contribution in [0.25, 0.3) is 0 Å². The van der Waals surface area contributed by atoms with E-state index in [0.717, 1.165) is 55.3 Å². The molecule has 4 N–H and O–H groups in total. The highest BCUT2D eigenvalue weighted by Gasteiger charge is 2.19. The number of nitrogens with one attached hydrogen (secondary N) is 1. The number of hydrogen-bond donors (Lipinski definition) is 3. The Morgan fingerprint density at radius 3 is 2.81 bits per heavy atom. The fraction of sp³-hybridized carbons (Fsp3) is 0.533. The zero-order chi connectivity index (χ0) is 15.2. The zero-order valence-electron chi connectivity index (χ0n) is 12.5. The Hall–Kier alpha value is -1.24. The first-order valence-electron chi connectivity index (χ1n) is 7.27. The summed E-state index contributed by atoms with van der Waals surface area (Å²) in [6, 6.07) is 6.10. The Morgan fingerprint density at radius 1 is 1.33 bits per heavy atom. The van der Waals surface area contributed by atoms with Crippen molar-refractivity contribution in [1.29, 1.82) is 5.41 Å². The van der Waals surface area contributed by atoms with E-state index in [1.54, 1.807) is 11.8 Å². The van der Waals surface area contributed by atoms with Gasteiger partial charge < -0.3 is 15.7 Å². The van der Waals surface area contributed by atoms with Crippen LogP contribution in [0.15, 0.2) is 23.1 Å². The van der Waals surface area contributed by atoms with Crippen LogP contribution in [0.1, 0.15) is 12.0 Å². The van der Waals surface area contributed by atoms with Crippen molar-refractivity contribution in [2.75, 3.05) is 50.5 Å². The fourth-order valence-electron chi connectivity index (χ4n) is 2.80. The molecule has 0 aliphatic carbocycles. The molecule has 1 fully saturated rings. The van der Waals surface area contributed by atoms with Crippen molar-refractivity contribution >= 4 is 23.3 Å². The Bertz CT molecular complexity index is 495. The van der Waals surface area contributed by atoms with Crippen LogP contribution in [0.4, 0.5) is 5.69 Å². The molecule has 1 aliphatic heterocycles. The van der Waals surface area contributed by atoms with Crippen molar-refractivity contribution in [1.82, 2.24) is 4.90 Å². The van der Waals surface area contributed by atoms with E-state index in [4.69, 9.17) is 16.2 Å². The fourth-order valence-corrected chi connectivity index (χ4v) is 3.43. The van der Waals surface area contributed by atoms with Gasteiger partial charge in [-0.3, -0.25) is 10.3 Å². The van der Waals surface area contributed by atoms with E-state index in [1.807, 2.05) is 18.4 Å². The topological polar surface area (TPSA) is 76.6 Å². The monoisotopic (exact) mass is 308 g/mol. The van der Waals surface area contributed by atoms with Crippen LogP contribution < -0.4 is 10.6 Å². The molecule has 5 nitrogen and oxygen atoms in total. The van der Waals surface area contributed by atoms with Crippen molar-refractivity contribution in [3.63, 3.8) is 0 Å². The lowest BCUT2D eigenvalue weighted by Gasteiger charge is -2.26. The third-order valence-corrected chi connectivity index (χ3v) is 4.62. The number of anilines is 1. The van der Waals surface area contributed by atoms with Crippen LogP contribution in [0.5, 0.6) is 0 Å². The second-order valence-corrected chi connectivity index (χ2v) is 6.02. The molecule has 1 heterocycles. The number of thioether (sulfide) groups is 1. The minimum absolute atomic E-state index is 0.131.